The van der Waals surface area contributed by atoms with E-state index in [0.717, 1.165) is 4.31 Å². The van der Waals surface area contributed by atoms with E-state index in [2.05, 4.69) is 0 Å². The lowest BCUT2D eigenvalue weighted by molar-refractivity contribution is -0.108. The van der Waals surface area contributed by atoms with Gasteiger partial charge in [0, 0.05) is 17.3 Å². The van der Waals surface area contributed by atoms with Crippen molar-refractivity contribution in [2.45, 2.75) is 10.3 Å². The van der Waals surface area contributed by atoms with Crippen LogP contribution in [0.25, 0.3) is 0 Å². The van der Waals surface area contributed by atoms with Gasteiger partial charge in [-0.1, -0.05) is 17.7 Å². The van der Waals surface area contributed by atoms with E-state index in [9.17, 15) is 13.2 Å². The molecule has 7 heteroatoms. The van der Waals surface area contributed by atoms with Crippen molar-refractivity contribution in [1.29, 1.82) is 0 Å². The molecule has 2 rings (SSSR count). The van der Waals surface area contributed by atoms with Crippen LogP contribution in [0.15, 0.2) is 29.2 Å². The third-order valence-electron chi connectivity index (χ3n) is 2.29. The summed E-state index contributed by atoms with van der Waals surface area (Å²) < 4.78 is 25.6. The zero-order chi connectivity index (χ0) is 12.5. The molecule has 0 spiro atoms. The molecule has 1 aromatic rings. The number of sulfonamides is 1. The van der Waals surface area contributed by atoms with Gasteiger partial charge in [-0.25, -0.2) is 8.42 Å². The molecule has 1 saturated heterocycles. The lowest BCUT2D eigenvalue weighted by Gasteiger charge is -2.19. The fourth-order valence-electron chi connectivity index (χ4n) is 1.48. The maximum atomic E-state index is 12.2. The fraction of sp³-hybridized carbons (Fsp3) is 0.200. The molecule has 91 valence electrons. The van der Waals surface area contributed by atoms with Crippen molar-refractivity contribution in [3.63, 3.8) is 0 Å². The molecule has 0 amide bonds. The maximum absolute atomic E-state index is 12.2. The Morgan fingerprint density at radius 3 is 2.88 bits per heavy atom. The van der Waals surface area contributed by atoms with Gasteiger partial charge in [0.1, 0.15) is 11.7 Å². The standard InChI is InChI=1S/C10H9ClNO3S2/c11-8-2-1-3-9(6-8)17(14,15)12-4-5-16-10(12)7-13/h1-3,5-7,10H,4H2/t10-/m0/s1. The molecule has 0 N–H and O–H groups in total. The maximum Gasteiger partial charge on any atom is 0.244 e. The Labute approximate surface area is 109 Å². The van der Waals surface area contributed by atoms with E-state index in [1.165, 1.54) is 23.9 Å². The Morgan fingerprint density at radius 1 is 1.47 bits per heavy atom. The van der Waals surface area contributed by atoms with Gasteiger partial charge in [-0.3, -0.25) is 0 Å². The van der Waals surface area contributed by atoms with Crippen LogP contribution < -0.4 is 0 Å². The predicted molar refractivity (Wildman–Crippen MR) is 67.1 cm³/mol. The normalized spacial score (nSPS) is 21.6. The second-order valence-electron chi connectivity index (χ2n) is 3.36. The van der Waals surface area contributed by atoms with Crippen molar-refractivity contribution in [1.82, 2.24) is 4.31 Å². The Kier molecular flexibility index (Phi) is 3.77. The number of carbonyl (C=O) groups excluding carboxylic acids is 1. The first-order valence-corrected chi connectivity index (χ1v) is 7.51. The third-order valence-corrected chi connectivity index (χ3v) is 5.49. The van der Waals surface area contributed by atoms with Gasteiger partial charge in [0.15, 0.2) is 0 Å². The minimum absolute atomic E-state index is 0.104. The number of thioether (sulfide) groups is 1. The molecule has 1 aromatic carbocycles. The van der Waals surface area contributed by atoms with Crippen molar-refractivity contribution in [2.24, 2.45) is 0 Å². The van der Waals surface area contributed by atoms with Crippen molar-refractivity contribution in [2.75, 3.05) is 6.54 Å². The fourth-order valence-corrected chi connectivity index (χ4v) is 4.44. The van der Waals surface area contributed by atoms with Crippen LogP contribution in [-0.4, -0.2) is 30.9 Å². The highest BCUT2D eigenvalue weighted by molar-refractivity contribution is 8.03. The third kappa shape index (κ3) is 2.49. The number of carbonyl (C=O) groups is 1. The topological polar surface area (TPSA) is 54.5 Å². The molecule has 1 atom stereocenters. The van der Waals surface area contributed by atoms with Crippen molar-refractivity contribution in [3.8, 4) is 0 Å². The lowest BCUT2D eigenvalue weighted by Crippen LogP contribution is -2.35. The smallest absolute Gasteiger partial charge is 0.244 e. The van der Waals surface area contributed by atoms with E-state index in [4.69, 9.17) is 11.6 Å². The molecular formula is C10H9ClNO3S2. The van der Waals surface area contributed by atoms with E-state index >= 15 is 0 Å². The van der Waals surface area contributed by atoms with Gasteiger partial charge in [0.05, 0.1) is 4.90 Å². The largest absolute Gasteiger partial charge is 0.301 e. The highest BCUT2D eigenvalue weighted by atomic mass is 35.5. The van der Waals surface area contributed by atoms with Crippen LogP contribution in [0.5, 0.6) is 0 Å². The van der Waals surface area contributed by atoms with Crippen LogP contribution in [0.3, 0.4) is 0 Å². The number of rotatable bonds is 3. The molecule has 1 heterocycles. The van der Waals surface area contributed by atoms with Gasteiger partial charge in [-0.05, 0) is 18.2 Å². The second-order valence-corrected chi connectivity index (χ2v) is 6.78. The number of nitrogens with zero attached hydrogens (tertiary/aromatic N) is 1. The molecule has 4 nitrogen and oxygen atoms in total. The first kappa shape index (κ1) is 12.9. The summed E-state index contributed by atoms with van der Waals surface area (Å²) in [6, 6.07) is 6.01. The second kappa shape index (κ2) is 4.97. The van der Waals surface area contributed by atoms with E-state index in [1.54, 1.807) is 17.9 Å². The molecule has 0 aromatic heterocycles. The first-order valence-electron chi connectivity index (χ1n) is 4.75. The van der Waals surface area contributed by atoms with Gasteiger partial charge in [-0.2, -0.15) is 4.31 Å². The number of hydrogen-bond donors (Lipinski definition) is 0. The van der Waals surface area contributed by atoms with Crippen LogP contribution in [0.1, 0.15) is 0 Å². The van der Waals surface area contributed by atoms with Crippen LogP contribution in [-0.2, 0) is 14.8 Å². The van der Waals surface area contributed by atoms with E-state index < -0.39 is 15.4 Å². The average Bonchev–Trinajstić information content (AvgIpc) is 2.77. The molecule has 0 bridgehead atoms. The Balaban J connectivity index is 2.39. The highest BCUT2D eigenvalue weighted by Crippen LogP contribution is 2.31. The average molecular weight is 291 g/mol. The van der Waals surface area contributed by atoms with Gasteiger partial charge < -0.3 is 4.79 Å². The summed E-state index contributed by atoms with van der Waals surface area (Å²) in [4.78, 5) is 10.9. The number of hydrogen-bond acceptors (Lipinski definition) is 4. The Bertz CT molecular complexity index is 532. The summed E-state index contributed by atoms with van der Waals surface area (Å²) in [5.74, 6) is 1.70. The quantitative estimate of drug-likeness (QED) is 0.796. The summed E-state index contributed by atoms with van der Waals surface area (Å²) in [6.07, 6.45) is 0.621. The van der Waals surface area contributed by atoms with Gasteiger partial charge in [0.2, 0.25) is 10.0 Å². The minimum Gasteiger partial charge on any atom is -0.301 e. The first-order chi connectivity index (χ1) is 8.05. The van der Waals surface area contributed by atoms with E-state index in [-0.39, 0.29) is 11.4 Å². The van der Waals surface area contributed by atoms with E-state index in [0.29, 0.717) is 11.3 Å². The summed E-state index contributed by atoms with van der Waals surface area (Å²) in [5, 5.41) is -0.330. The zero-order valence-electron chi connectivity index (χ0n) is 8.61. The van der Waals surface area contributed by atoms with Crippen LogP contribution >= 0.6 is 23.4 Å². The molecular weight excluding hydrogens is 282 g/mol. The van der Waals surface area contributed by atoms with Crippen LogP contribution in [0.2, 0.25) is 5.02 Å². The molecule has 1 radical (unpaired) electrons. The highest BCUT2D eigenvalue weighted by Gasteiger charge is 2.35. The van der Waals surface area contributed by atoms with Crippen LogP contribution in [0, 0.1) is 5.75 Å². The van der Waals surface area contributed by atoms with Crippen molar-refractivity contribution in [3.05, 3.63) is 35.0 Å². The zero-order valence-corrected chi connectivity index (χ0v) is 11.0. The Morgan fingerprint density at radius 2 is 2.24 bits per heavy atom. The number of benzene rings is 1. The van der Waals surface area contributed by atoms with Crippen molar-refractivity contribution < 1.29 is 13.2 Å². The SMILES string of the molecule is O=C[C@@H]1S[CH]CN1S(=O)(=O)c1cccc(Cl)c1. The minimum atomic E-state index is -3.66. The molecule has 0 unspecified atom stereocenters. The predicted octanol–water partition coefficient (Wildman–Crippen LogP) is 1.76. The molecule has 1 aliphatic heterocycles. The van der Waals surface area contributed by atoms with Crippen LogP contribution in [0.4, 0.5) is 0 Å². The summed E-state index contributed by atoms with van der Waals surface area (Å²) in [7, 11) is -3.66. The lowest BCUT2D eigenvalue weighted by atomic mass is 10.4. The van der Waals surface area contributed by atoms with Gasteiger partial charge >= 0.3 is 0 Å². The molecule has 17 heavy (non-hydrogen) atoms. The van der Waals surface area contributed by atoms with Gasteiger partial charge in [0.25, 0.3) is 0 Å². The Hall–Kier alpha value is -0.560. The number of halogens is 1. The molecule has 1 aliphatic rings. The summed E-state index contributed by atoms with van der Waals surface area (Å²) >= 11 is 6.96. The molecule has 0 aliphatic carbocycles. The summed E-state index contributed by atoms with van der Waals surface area (Å²) in [5.41, 5.74) is 0. The monoisotopic (exact) mass is 290 g/mol. The molecule has 0 saturated carbocycles. The number of aldehydes is 1. The molecule has 1 fully saturated rings. The van der Waals surface area contributed by atoms with E-state index in [1.807, 2.05) is 0 Å². The van der Waals surface area contributed by atoms with Gasteiger partial charge in [-0.15, -0.1) is 11.8 Å². The van der Waals surface area contributed by atoms with Crippen molar-refractivity contribution >= 4 is 39.7 Å². The summed E-state index contributed by atoms with van der Waals surface area (Å²) in [6.45, 7) is 0.225.